The Morgan fingerprint density at radius 2 is 1.50 bits per heavy atom. The highest BCUT2D eigenvalue weighted by Crippen LogP contribution is 2.02. The highest BCUT2D eigenvalue weighted by Gasteiger charge is 1.78. The largest absolute Gasteiger partial charge is 0.508 e. The van der Waals surface area contributed by atoms with Gasteiger partial charge in [-0.1, -0.05) is 32.0 Å². The maximum atomic E-state index is 8.63. The number of hydrogen-bond donors (Lipinski definition) is 1. The van der Waals surface area contributed by atoms with Crippen LogP contribution in [0, 0.1) is 0 Å². The number of benzene rings is 1. The molecule has 0 saturated heterocycles. The molecule has 2 nitrogen and oxygen atoms in total. The molecular formula is C12H20O2. The first-order valence-corrected chi connectivity index (χ1v) is 5.13. The van der Waals surface area contributed by atoms with Crippen LogP contribution in [0.4, 0.5) is 0 Å². The van der Waals surface area contributed by atoms with E-state index in [-0.39, 0.29) is 0 Å². The van der Waals surface area contributed by atoms with Crippen molar-refractivity contribution in [1.29, 1.82) is 0 Å². The molecular weight excluding hydrogens is 176 g/mol. The van der Waals surface area contributed by atoms with Crippen molar-refractivity contribution in [2.75, 3.05) is 13.2 Å². The van der Waals surface area contributed by atoms with Gasteiger partial charge < -0.3 is 9.84 Å². The predicted octanol–water partition coefficient (Wildman–Crippen LogP) is 3.22. The predicted molar refractivity (Wildman–Crippen MR) is 59.5 cm³/mol. The van der Waals surface area contributed by atoms with Crippen LogP contribution in [0.2, 0.25) is 0 Å². The minimum absolute atomic E-state index is 0.322. The molecule has 0 radical (unpaired) electrons. The van der Waals surface area contributed by atoms with E-state index >= 15 is 0 Å². The topological polar surface area (TPSA) is 29.5 Å². The monoisotopic (exact) mass is 196 g/mol. The van der Waals surface area contributed by atoms with Gasteiger partial charge in [-0.3, -0.25) is 0 Å². The van der Waals surface area contributed by atoms with E-state index in [1.807, 2.05) is 6.07 Å². The summed E-state index contributed by atoms with van der Waals surface area (Å²) in [6.07, 6.45) is 2.28. The van der Waals surface area contributed by atoms with Crippen LogP contribution >= 0.6 is 0 Å². The van der Waals surface area contributed by atoms with E-state index in [4.69, 9.17) is 9.84 Å². The fraction of sp³-hybridized carbons (Fsp3) is 0.500. The molecule has 14 heavy (non-hydrogen) atoms. The minimum atomic E-state index is 0.322. The van der Waals surface area contributed by atoms with Crippen LogP contribution in [0.25, 0.3) is 0 Å². The first-order valence-electron chi connectivity index (χ1n) is 5.13. The summed E-state index contributed by atoms with van der Waals surface area (Å²) >= 11 is 0. The Labute approximate surface area is 86.5 Å². The lowest BCUT2D eigenvalue weighted by molar-refractivity contribution is 0.135. The number of para-hydroxylation sites is 1. The summed E-state index contributed by atoms with van der Waals surface area (Å²) in [5.74, 6) is 0.322. The van der Waals surface area contributed by atoms with E-state index in [1.54, 1.807) is 24.3 Å². The lowest BCUT2D eigenvalue weighted by atomic mass is 10.3. The molecule has 0 heterocycles. The number of hydrogen-bond acceptors (Lipinski definition) is 2. The van der Waals surface area contributed by atoms with Crippen LogP contribution in [0.1, 0.15) is 26.7 Å². The first kappa shape index (κ1) is 13.0. The summed E-state index contributed by atoms with van der Waals surface area (Å²) in [6, 6.07) is 8.71. The summed E-state index contributed by atoms with van der Waals surface area (Å²) < 4.78 is 5.13. The smallest absolute Gasteiger partial charge is 0.115 e. The number of phenols is 1. The molecule has 0 atom stereocenters. The summed E-state index contributed by atoms with van der Waals surface area (Å²) in [4.78, 5) is 0. The highest BCUT2D eigenvalue weighted by molar-refractivity contribution is 5.18. The van der Waals surface area contributed by atoms with Gasteiger partial charge in [0.1, 0.15) is 5.75 Å². The molecule has 0 aliphatic heterocycles. The van der Waals surface area contributed by atoms with Gasteiger partial charge in [0, 0.05) is 13.2 Å². The van der Waals surface area contributed by atoms with Crippen LogP contribution in [-0.2, 0) is 4.74 Å². The van der Waals surface area contributed by atoms with Crippen molar-refractivity contribution in [2.45, 2.75) is 26.7 Å². The van der Waals surface area contributed by atoms with E-state index in [1.165, 1.54) is 0 Å². The molecule has 0 amide bonds. The molecule has 2 heteroatoms. The van der Waals surface area contributed by atoms with E-state index in [2.05, 4.69) is 13.8 Å². The van der Waals surface area contributed by atoms with Gasteiger partial charge in [-0.25, -0.2) is 0 Å². The number of phenolic OH excluding ortho intramolecular Hbond substituents is 1. The summed E-state index contributed by atoms with van der Waals surface area (Å²) in [6.45, 7) is 6.09. The second-order valence-corrected chi connectivity index (χ2v) is 2.95. The molecule has 0 aliphatic rings. The molecule has 0 bridgehead atoms. The standard InChI is InChI=1S/C6H6O.C6H14O/c7-6-4-2-1-3-5-6;1-3-5-7-6-4-2/h1-5,7H;3-6H2,1-2H3. The van der Waals surface area contributed by atoms with Gasteiger partial charge in [0.15, 0.2) is 0 Å². The molecule has 1 aromatic rings. The van der Waals surface area contributed by atoms with Crippen molar-refractivity contribution < 1.29 is 9.84 Å². The second-order valence-electron chi connectivity index (χ2n) is 2.95. The van der Waals surface area contributed by atoms with E-state index in [0.29, 0.717) is 5.75 Å². The minimum Gasteiger partial charge on any atom is -0.508 e. The number of aromatic hydroxyl groups is 1. The van der Waals surface area contributed by atoms with Gasteiger partial charge in [0.25, 0.3) is 0 Å². The zero-order valence-electron chi connectivity index (χ0n) is 9.07. The maximum absolute atomic E-state index is 8.63. The van der Waals surface area contributed by atoms with E-state index < -0.39 is 0 Å². The molecule has 1 rings (SSSR count). The zero-order chi connectivity index (χ0) is 10.6. The Morgan fingerprint density at radius 3 is 1.79 bits per heavy atom. The molecule has 1 N–H and O–H groups in total. The molecule has 0 spiro atoms. The van der Waals surface area contributed by atoms with Crippen LogP contribution in [0.3, 0.4) is 0 Å². The van der Waals surface area contributed by atoms with Crippen molar-refractivity contribution in [2.24, 2.45) is 0 Å². The van der Waals surface area contributed by atoms with Gasteiger partial charge in [-0.15, -0.1) is 0 Å². The maximum Gasteiger partial charge on any atom is 0.115 e. The number of ether oxygens (including phenoxy) is 1. The Kier molecular flexibility index (Phi) is 9.33. The van der Waals surface area contributed by atoms with Crippen molar-refractivity contribution in [3.8, 4) is 5.75 Å². The Morgan fingerprint density at radius 1 is 1.00 bits per heavy atom. The van der Waals surface area contributed by atoms with Crippen LogP contribution in [0.5, 0.6) is 5.75 Å². The normalized spacial score (nSPS) is 9.00. The lowest BCUT2D eigenvalue weighted by Crippen LogP contribution is -1.92. The quantitative estimate of drug-likeness (QED) is 0.749. The third-order valence-electron chi connectivity index (χ3n) is 1.45. The van der Waals surface area contributed by atoms with Crippen molar-refractivity contribution in [3.05, 3.63) is 30.3 Å². The number of rotatable bonds is 4. The molecule has 1 aromatic carbocycles. The molecule has 0 fully saturated rings. The zero-order valence-corrected chi connectivity index (χ0v) is 9.07. The molecule has 80 valence electrons. The third kappa shape index (κ3) is 9.07. The van der Waals surface area contributed by atoms with Gasteiger partial charge >= 0.3 is 0 Å². The fourth-order valence-corrected chi connectivity index (χ4v) is 0.819. The highest BCUT2D eigenvalue weighted by atomic mass is 16.5. The molecule has 0 unspecified atom stereocenters. The molecule has 0 aliphatic carbocycles. The fourth-order valence-electron chi connectivity index (χ4n) is 0.819. The van der Waals surface area contributed by atoms with E-state index in [9.17, 15) is 0 Å². The first-order chi connectivity index (χ1) is 6.81. The van der Waals surface area contributed by atoms with Gasteiger partial charge in [0.05, 0.1) is 0 Å². The molecule has 0 saturated carbocycles. The van der Waals surface area contributed by atoms with Crippen LogP contribution in [0.15, 0.2) is 30.3 Å². The van der Waals surface area contributed by atoms with Gasteiger partial charge in [-0.2, -0.15) is 0 Å². The van der Waals surface area contributed by atoms with E-state index in [0.717, 1.165) is 26.1 Å². The second kappa shape index (κ2) is 10.1. The Balaban J connectivity index is 0.000000241. The van der Waals surface area contributed by atoms with Gasteiger partial charge in [0.2, 0.25) is 0 Å². The van der Waals surface area contributed by atoms with Crippen molar-refractivity contribution in [1.82, 2.24) is 0 Å². The summed E-state index contributed by atoms with van der Waals surface area (Å²) in [7, 11) is 0. The molecule has 0 aromatic heterocycles. The average Bonchev–Trinajstić information content (AvgIpc) is 2.21. The van der Waals surface area contributed by atoms with Crippen LogP contribution in [-0.4, -0.2) is 18.3 Å². The third-order valence-corrected chi connectivity index (χ3v) is 1.45. The van der Waals surface area contributed by atoms with Crippen molar-refractivity contribution >= 4 is 0 Å². The Bertz CT molecular complexity index is 193. The summed E-state index contributed by atoms with van der Waals surface area (Å²) in [5.41, 5.74) is 0. The average molecular weight is 196 g/mol. The van der Waals surface area contributed by atoms with Crippen molar-refractivity contribution in [3.63, 3.8) is 0 Å². The summed E-state index contributed by atoms with van der Waals surface area (Å²) in [5, 5.41) is 8.63. The SMILES string of the molecule is CCCOCCC.Oc1ccccc1. The Hall–Kier alpha value is -1.02. The lowest BCUT2D eigenvalue weighted by Gasteiger charge is -1.95. The van der Waals surface area contributed by atoms with Gasteiger partial charge in [-0.05, 0) is 25.0 Å². The van der Waals surface area contributed by atoms with Crippen LogP contribution < -0.4 is 0 Å².